The Morgan fingerprint density at radius 3 is 3.05 bits per heavy atom. The Balaban J connectivity index is 1.69. The van der Waals surface area contributed by atoms with Crippen LogP contribution < -0.4 is 16.4 Å². The number of nitrogens with one attached hydrogen (secondary N) is 2. The Labute approximate surface area is 117 Å². The van der Waals surface area contributed by atoms with Crippen LogP contribution in [0, 0.1) is 0 Å². The van der Waals surface area contributed by atoms with Crippen LogP contribution in [-0.2, 0) is 11.3 Å². The highest BCUT2D eigenvalue weighted by atomic mass is 16.3. The fourth-order valence-corrected chi connectivity index (χ4v) is 2.35. The molecule has 1 aromatic heterocycles. The van der Waals surface area contributed by atoms with Gasteiger partial charge in [0.15, 0.2) is 0 Å². The summed E-state index contributed by atoms with van der Waals surface area (Å²) in [6.45, 7) is 1.85. The van der Waals surface area contributed by atoms with E-state index < -0.39 is 6.03 Å². The minimum absolute atomic E-state index is 0.204. The summed E-state index contributed by atoms with van der Waals surface area (Å²) in [5.74, 6) is 0.317. The van der Waals surface area contributed by atoms with Gasteiger partial charge in [-0.25, -0.2) is 4.79 Å². The fraction of sp³-hybridized carbons (Fsp3) is 0.538. The third-order valence-corrected chi connectivity index (χ3v) is 3.37. The van der Waals surface area contributed by atoms with E-state index in [1.54, 1.807) is 12.1 Å². The molecule has 1 aliphatic heterocycles. The molecule has 1 saturated heterocycles. The van der Waals surface area contributed by atoms with Crippen molar-refractivity contribution in [2.24, 2.45) is 5.73 Å². The summed E-state index contributed by atoms with van der Waals surface area (Å²) in [5.41, 5.74) is 5.64. The number of hydrogen-bond acceptors (Lipinski definition) is 5. The predicted molar refractivity (Wildman–Crippen MR) is 72.7 cm³/mol. The van der Waals surface area contributed by atoms with Crippen LogP contribution in [0.25, 0.3) is 0 Å². The first-order valence-electron chi connectivity index (χ1n) is 6.73. The lowest BCUT2D eigenvalue weighted by atomic mass is 10.2. The van der Waals surface area contributed by atoms with Crippen LogP contribution in [0.15, 0.2) is 22.8 Å². The number of furan rings is 1. The van der Waals surface area contributed by atoms with Gasteiger partial charge in [0.1, 0.15) is 5.76 Å². The molecule has 7 nitrogen and oxygen atoms in total. The second-order valence-electron chi connectivity index (χ2n) is 4.81. The van der Waals surface area contributed by atoms with E-state index in [0.717, 1.165) is 19.4 Å². The number of hydrogen-bond donors (Lipinski definition) is 3. The molecule has 7 heteroatoms. The van der Waals surface area contributed by atoms with Crippen molar-refractivity contribution in [3.8, 4) is 0 Å². The van der Waals surface area contributed by atoms with Gasteiger partial charge in [0, 0.05) is 12.6 Å². The van der Waals surface area contributed by atoms with E-state index in [2.05, 4.69) is 10.6 Å². The number of nitrogens with zero attached hydrogens (tertiary/aromatic N) is 1. The number of rotatable bonds is 5. The first-order chi connectivity index (χ1) is 9.69. The number of urea groups is 1. The molecule has 2 heterocycles. The number of imide groups is 1. The first kappa shape index (κ1) is 14.5. The maximum Gasteiger partial charge on any atom is 0.321 e. The van der Waals surface area contributed by atoms with E-state index in [0.29, 0.717) is 12.3 Å². The van der Waals surface area contributed by atoms with Gasteiger partial charge in [0.2, 0.25) is 5.91 Å². The third kappa shape index (κ3) is 4.07. The van der Waals surface area contributed by atoms with E-state index in [1.165, 1.54) is 6.26 Å². The van der Waals surface area contributed by atoms with Crippen molar-refractivity contribution in [2.45, 2.75) is 25.4 Å². The summed E-state index contributed by atoms with van der Waals surface area (Å²) < 4.78 is 5.08. The lowest BCUT2D eigenvalue weighted by Gasteiger charge is -2.21. The van der Waals surface area contributed by atoms with Gasteiger partial charge in [-0.05, 0) is 31.5 Å². The molecule has 0 saturated carbocycles. The second-order valence-corrected chi connectivity index (χ2v) is 4.81. The molecule has 110 valence electrons. The minimum atomic E-state index is -0.519. The lowest BCUT2D eigenvalue weighted by Crippen LogP contribution is -2.46. The monoisotopic (exact) mass is 280 g/mol. The van der Waals surface area contributed by atoms with Crippen molar-refractivity contribution in [3.63, 3.8) is 0 Å². The number of likely N-dealkylation sites (tertiary alicyclic amines) is 1. The Morgan fingerprint density at radius 2 is 2.35 bits per heavy atom. The van der Waals surface area contributed by atoms with Gasteiger partial charge >= 0.3 is 6.03 Å². The molecular weight excluding hydrogens is 260 g/mol. The van der Waals surface area contributed by atoms with Crippen molar-refractivity contribution in [3.05, 3.63) is 24.2 Å². The van der Waals surface area contributed by atoms with Gasteiger partial charge in [-0.3, -0.25) is 15.0 Å². The van der Waals surface area contributed by atoms with Crippen LogP contribution in [0.5, 0.6) is 0 Å². The Morgan fingerprint density at radius 1 is 1.50 bits per heavy atom. The molecule has 1 unspecified atom stereocenters. The van der Waals surface area contributed by atoms with E-state index in [9.17, 15) is 9.59 Å². The molecule has 1 fully saturated rings. The molecule has 20 heavy (non-hydrogen) atoms. The molecule has 0 aromatic carbocycles. The first-order valence-corrected chi connectivity index (χ1v) is 6.73. The smallest absolute Gasteiger partial charge is 0.321 e. The zero-order valence-corrected chi connectivity index (χ0v) is 11.3. The number of carbonyl (C=O) groups excluding carboxylic acids is 2. The van der Waals surface area contributed by atoms with Crippen molar-refractivity contribution < 1.29 is 14.0 Å². The molecule has 1 atom stereocenters. The highest BCUT2D eigenvalue weighted by molar-refractivity contribution is 5.95. The summed E-state index contributed by atoms with van der Waals surface area (Å²) >= 11 is 0. The molecule has 0 radical (unpaired) electrons. The van der Waals surface area contributed by atoms with Crippen LogP contribution in [0.3, 0.4) is 0 Å². The van der Waals surface area contributed by atoms with E-state index in [1.807, 2.05) is 4.90 Å². The van der Waals surface area contributed by atoms with Crippen molar-refractivity contribution in [1.29, 1.82) is 0 Å². The number of amides is 3. The van der Waals surface area contributed by atoms with Crippen LogP contribution in [0.4, 0.5) is 4.79 Å². The fourth-order valence-electron chi connectivity index (χ4n) is 2.35. The predicted octanol–water partition coefficient (Wildman–Crippen LogP) is 0.0285. The largest absolute Gasteiger partial charge is 0.467 e. The minimum Gasteiger partial charge on any atom is -0.467 e. The Hall–Kier alpha value is -1.86. The summed E-state index contributed by atoms with van der Waals surface area (Å²) in [6, 6.07) is 3.21. The second kappa shape index (κ2) is 7.06. The van der Waals surface area contributed by atoms with Gasteiger partial charge < -0.3 is 15.5 Å². The maximum atomic E-state index is 11.8. The average molecular weight is 280 g/mol. The molecule has 2 rings (SSSR count). The van der Waals surface area contributed by atoms with Gasteiger partial charge in [0.25, 0.3) is 0 Å². The molecule has 4 N–H and O–H groups in total. The van der Waals surface area contributed by atoms with Gasteiger partial charge in [-0.1, -0.05) is 0 Å². The van der Waals surface area contributed by atoms with Crippen LogP contribution in [-0.4, -0.2) is 42.5 Å². The maximum absolute atomic E-state index is 11.8. The summed E-state index contributed by atoms with van der Waals surface area (Å²) in [7, 11) is 0. The Kier molecular flexibility index (Phi) is 5.14. The van der Waals surface area contributed by atoms with Crippen molar-refractivity contribution in [1.82, 2.24) is 15.5 Å². The third-order valence-electron chi connectivity index (χ3n) is 3.37. The van der Waals surface area contributed by atoms with Crippen molar-refractivity contribution in [2.75, 3.05) is 19.6 Å². The number of carbonyl (C=O) groups is 2. The molecule has 0 bridgehead atoms. The van der Waals surface area contributed by atoms with E-state index in [-0.39, 0.29) is 25.0 Å². The van der Waals surface area contributed by atoms with Gasteiger partial charge in [0.05, 0.1) is 19.4 Å². The zero-order chi connectivity index (χ0) is 14.4. The molecule has 1 aliphatic rings. The average Bonchev–Trinajstić information content (AvgIpc) is 3.06. The van der Waals surface area contributed by atoms with E-state index >= 15 is 0 Å². The molecule has 0 spiro atoms. The summed E-state index contributed by atoms with van der Waals surface area (Å²) in [4.78, 5) is 25.3. The summed E-state index contributed by atoms with van der Waals surface area (Å²) in [6.07, 6.45) is 3.58. The van der Waals surface area contributed by atoms with Crippen LogP contribution in [0.2, 0.25) is 0 Å². The van der Waals surface area contributed by atoms with E-state index in [4.69, 9.17) is 10.2 Å². The zero-order valence-electron chi connectivity index (χ0n) is 11.3. The summed E-state index contributed by atoms with van der Waals surface area (Å²) in [5, 5.41) is 4.86. The van der Waals surface area contributed by atoms with Crippen molar-refractivity contribution >= 4 is 11.9 Å². The van der Waals surface area contributed by atoms with Crippen LogP contribution in [0.1, 0.15) is 18.6 Å². The molecule has 1 aromatic rings. The topological polar surface area (TPSA) is 101 Å². The Bertz CT molecular complexity index is 446. The number of nitrogens with two attached hydrogens (primary N) is 1. The quantitative estimate of drug-likeness (QED) is 0.706. The highest BCUT2D eigenvalue weighted by Gasteiger charge is 2.25. The van der Waals surface area contributed by atoms with Gasteiger partial charge in [-0.2, -0.15) is 0 Å². The van der Waals surface area contributed by atoms with Crippen LogP contribution >= 0.6 is 0 Å². The molecule has 0 aliphatic carbocycles. The molecular formula is C13H20N4O3. The van der Waals surface area contributed by atoms with Gasteiger partial charge in [-0.15, -0.1) is 0 Å². The highest BCUT2D eigenvalue weighted by Crippen LogP contribution is 2.14. The standard InChI is InChI=1S/C13H20N4O3/c14-7-10-3-1-5-17(10)9-12(18)16-13(19)15-8-11-4-2-6-20-11/h2,4,6,10H,1,3,5,7-9,14H2,(H2,15,16,18,19). The molecule has 3 amide bonds. The SMILES string of the molecule is NCC1CCCN1CC(=O)NC(=O)NCc1ccco1. The lowest BCUT2D eigenvalue weighted by molar-refractivity contribution is -0.121. The normalized spacial score (nSPS) is 18.9.